The zero-order chi connectivity index (χ0) is 19.4. The molecule has 0 unspecified atom stereocenters. The van der Waals surface area contributed by atoms with Crippen molar-refractivity contribution >= 4 is 17.6 Å². The van der Waals surface area contributed by atoms with Gasteiger partial charge in [-0.05, 0) is 30.3 Å². The summed E-state index contributed by atoms with van der Waals surface area (Å²) in [6.45, 7) is 0. The summed E-state index contributed by atoms with van der Waals surface area (Å²) in [5.74, 6) is -1.42. The standard InChI is InChI=1S/C17H15ClFN5O3/c18-10-5-15(19)17(21-8-10)27-14-3-1-13(2-4-14)24-9-12(22-23-24)6-11(20)7-16(25)26/h1-5,8-9,11H,6-7,20H2,(H,25,26)/t11-/m1/s1. The Hall–Kier alpha value is -3.04. The molecule has 27 heavy (non-hydrogen) atoms. The zero-order valence-electron chi connectivity index (χ0n) is 13.9. The van der Waals surface area contributed by atoms with Gasteiger partial charge in [0.1, 0.15) is 5.75 Å². The van der Waals surface area contributed by atoms with Gasteiger partial charge in [0.2, 0.25) is 0 Å². The minimum Gasteiger partial charge on any atom is -0.481 e. The van der Waals surface area contributed by atoms with Gasteiger partial charge in [-0.1, -0.05) is 16.8 Å². The number of nitrogens with two attached hydrogens (primary N) is 1. The summed E-state index contributed by atoms with van der Waals surface area (Å²) in [6, 6.07) is 7.25. The van der Waals surface area contributed by atoms with Gasteiger partial charge in [-0.3, -0.25) is 4.79 Å². The van der Waals surface area contributed by atoms with Crippen molar-refractivity contribution in [3.8, 4) is 17.3 Å². The maximum atomic E-state index is 13.7. The molecular formula is C17H15ClFN5O3. The molecule has 1 atom stereocenters. The topological polar surface area (TPSA) is 116 Å². The molecule has 2 heterocycles. The van der Waals surface area contributed by atoms with Crippen LogP contribution < -0.4 is 10.5 Å². The van der Waals surface area contributed by atoms with Crippen LogP contribution in [-0.4, -0.2) is 37.1 Å². The summed E-state index contributed by atoms with van der Waals surface area (Å²) in [5, 5.41) is 16.9. The molecule has 0 radical (unpaired) electrons. The minimum atomic E-state index is -0.961. The van der Waals surface area contributed by atoms with Gasteiger partial charge in [0.15, 0.2) is 5.82 Å². The molecule has 10 heteroatoms. The van der Waals surface area contributed by atoms with Crippen LogP contribution >= 0.6 is 11.6 Å². The van der Waals surface area contributed by atoms with Crippen molar-refractivity contribution in [2.75, 3.05) is 0 Å². The molecule has 0 aliphatic rings. The first kappa shape index (κ1) is 18.7. The summed E-state index contributed by atoms with van der Waals surface area (Å²) in [6.07, 6.45) is 3.11. The summed E-state index contributed by atoms with van der Waals surface area (Å²) >= 11 is 5.66. The van der Waals surface area contributed by atoms with Crippen molar-refractivity contribution in [3.63, 3.8) is 0 Å². The number of aromatic nitrogens is 4. The molecule has 3 N–H and O–H groups in total. The molecule has 140 valence electrons. The Labute approximate surface area is 158 Å². The number of carbonyl (C=O) groups is 1. The molecule has 3 aromatic rings. The second-order valence-electron chi connectivity index (χ2n) is 5.75. The maximum absolute atomic E-state index is 13.7. The molecule has 8 nitrogen and oxygen atoms in total. The van der Waals surface area contributed by atoms with Crippen LogP contribution in [0, 0.1) is 5.82 Å². The second-order valence-corrected chi connectivity index (χ2v) is 6.19. The fourth-order valence-corrected chi connectivity index (χ4v) is 2.48. The SMILES string of the molecule is N[C@@H](CC(=O)O)Cc1cn(-c2ccc(Oc3ncc(Cl)cc3F)cc2)nn1. The summed E-state index contributed by atoms with van der Waals surface area (Å²) in [5.41, 5.74) is 7.02. The highest BCUT2D eigenvalue weighted by Crippen LogP contribution is 2.24. The van der Waals surface area contributed by atoms with E-state index in [2.05, 4.69) is 15.3 Å². The fraction of sp³-hybridized carbons (Fsp3) is 0.176. The number of hydrogen-bond donors (Lipinski definition) is 2. The van der Waals surface area contributed by atoms with Crippen molar-refractivity contribution in [3.05, 3.63) is 59.3 Å². The second kappa shape index (κ2) is 8.11. The molecule has 0 fully saturated rings. The number of pyridine rings is 1. The lowest BCUT2D eigenvalue weighted by molar-refractivity contribution is -0.137. The Balaban J connectivity index is 1.67. The van der Waals surface area contributed by atoms with Crippen molar-refractivity contribution < 1.29 is 19.0 Å². The van der Waals surface area contributed by atoms with E-state index >= 15 is 0 Å². The molecule has 0 amide bonds. The third-order valence-electron chi connectivity index (χ3n) is 3.54. The van der Waals surface area contributed by atoms with Crippen molar-refractivity contribution in [2.24, 2.45) is 5.73 Å². The van der Waals surface area contributed by atoms with Crippen LogP contribution in [0.4, 0.5) is 4.39 Å². The number of halogens is 2. The predicted molar refractivity (Wildman–Crippen MR) is 94.6 cm³/mol. The molecule has 0 aliphatic heterocycles. The number of aliphatic carboxylic acids is 1. The van der Waals surface area contributed by atoms with Crippen LogP contribution in [0.5, 0.6) is 11.6 Å². The van der Waals surface area contributed by atoms with Gasteiger partial charge in [-0.25, -0.2) is 14.1 Å². The van der Waals surface area contributed by atoms with E-state index in [0.29, 0.717) is 23.6 Å². The molecule has 3 rings (SSSR count). The Morgan fingerprint density at radius 3 is 2.78 bits per heavy atom. The van der Waals surface area contributed by atoms with E-state index in [1.165, 1.54) is 10.9 Å². The Bertz CT molecular complexity index is 948. The van der Waals surface area contributed by atoms with E-state index < -0.39 is 17.8 Å². The van der Waals surface area contributed by atoms with Crippen LogP contribution in [0.15, 0.2) is 42.7 Å². The van der Waals surface area contributed by atoms with Crippen molar-refractivity contribution in [1.82, 2.24) is 20.0 Å². The van der Waals surface area contributed by atoms with E-state index in [1.807, 2.05) is 0 Å². The average molecular weight is 392 g/mol. The van der Waals surface area contributed by atoms with Crippen LogP contribution in [0.1, 0.15) is 12.1 Å². The molecule has 0 spiro atoms. The number of nitrogens with zero attached hydrogens (tertiary/aromatic N) is 4. The largest absolute Gasteiger partial charge is 0.481 e. The van der Waals surface area contributed by atoms with Gasteiger partial charge in [-0.15, -0.1) is 5.10 Å². The summed E-state index contributed by atoms with van der Waals surface area (Å²) in [7, 11) is 0. The number of carboxylic acid groups (broad SMARTS) is 1. The van der Waals surface area contributed by atoms with E-state index in [1.54, 1.807) is 30.5 Å². The van der Waals surface area contributed by atoms with E-state index in [4.69, 9.17) is 27.2 Å². The first-order chi connectivity index (χ1) is 12.9. The lowest BCUT2D eigenvalue weighted by atomic mass is 10.1. The third-order valence-corrected chi connectivity index (χ3v) is 3.75. The lowest BCUT2D eigenvalue weighted by Crippen LogP contribution is -2.26. The Kier molecular flexibility index (Phi) is 5.63. The summed E-state index contributed by atoms with van der Waals surface area (Å²) < 4.78 is 20.6. The monoisotopic (exact) mass is 391 g/mol. The normalized spacial score (nSPS) is 12.0. The molecule has 1 aromatic carbocycles. The van der Waals surface area contributed by atoms with Crippen molar-refractivity contribution in [2.45, 2.75) is 18.9 Å². The lowest BCUT2D eigenvalue weighted by Gasteiger charge is -2.07. The molecule has 0 saturated heterocycles. The number of hydrogen-bond acceptors (Lipinski definition) is 6. The van der Waals surface area contributed by atoms with Gasteiger partial charge >= 0.3 is 5.97 Å². The molecule has 0 aliphatic carbocycles. The van der Waals surface area contributed by atoms with Gasteiger partial charge in [0.05, 0.1) is 29.0 Å². The van der Waals surface area contributed by atoms with E-state index in [9.17, 15) is 9.18 Å². The smallest absolute Gasteiger partial charge is 0.304 e. The van der Waals surface area contributed by atoms with E-state index in [-0.39, 0.29) is 17.3 Å². The molecule has 2 aromatic heterocycles. The van der Waals surface area contributed by atoms with Crippen LogP contribution in [0.25, 0.3) is 5.69 Å². The summed E-state index contributed by atoms with van der Waals surface area (Å²) in [4.78, 5) is 14.5. The number of benzene rings is 1. The number of rotatable bonds is 7. The first-order valence-corrected chi connectivity index (χ1v) is 8.26. The van der Waals surface area contributed by atoms with Crippen LogP contribution in [-0.2, 0) is 11.2 Å². The fourth-order valence-electron chi connectivity index (χ4n) is 2.34. The van der Waals surface area contributed by atoms with Crippen LogP contribution in [0.3, 0.4) is 0 Å². The predicted octanol–water partition coefficient (Wildman–Crippen LogP) is 2.59. The molecule has 0 saturated carbocycles. The maximum Gasteiger partial charge on any atom is 0.304 e. The first-order valence-electron chi connectivity index (χ1n) is 7.88. The number of carboxylic acids is 1. The van der Waals surface area contributed by atoms with Gasteiger partial charge in [0.25, 0.3) is 5.88 Å². The highest BCUT2D eigenvalue weighted by molar-refractivity contribution is 6.30. The third kappa shape index (κ3) is 4.99. The molecule has 0 bridgehead atoms. The average Bonchev–Trinajstić information content (AvgIpc) is 3.05. The van der Waals surface area contributed by atoms with Gasteiger partial charge in [-0.2, -0.15) is 0 Å². The van der Waals surface area contributed by atoms with Gasteiger partial charge < -0.3 is 15.6 Å². The Morgan fingerprint density at radius 2 is 2.11 bits per heavy atom. The molecular weight excluding hydrogens is 377 g/mol. The Morgan fingerprint density at radius 1 is 1.37 bits per heavy atom. The highest BCUT2D eigenvalue weighted by atomic mass is 35.5. The number of ether oxygens (including phenoxy) is 1. The van der Waals surface area contributed by atoms with Crippen molar-refractivity contribution in [1.29, 1.82) is 0 Å². The van der Waals surface area contributed by atoms with Crippen LogP contribution in [0.2, 0.25) is 5.02 Å². The van der Waals surface area contributed by atoms with Gasteiger partial charge in [0, 0.05) is 18.7 Å². The minimum absolute atomic E-state index is 0.145. The quantitative estimate of drug-likeness (QED) is 0.635. The highest BCUT2D eigenvalue weighted by Gasteiger charge is 2.12. The zero-order valence-corrected chi connectivity index (χ0v) is 14.7. The van der Waals surface area contributed by atoms with E-state index in [0.717, 1.165) is 6.07 Å².